The molecule has 27 heavy (non-hydrogen) atoms. The second-order valence-corrected chi connectivity index (χ2v) is 6.00. The molecule has 0 amide bonds. The van der Waals surface area contributed by atoms with Crippen LogP contribution in [0.4, 0.5) is 0 Å². The van der Waals surface area contributed by atoms with Crippen LogP contribution in [0.25, 0.3) is 0 Å². The number of benzene rings is 3. The van der Waals surface area contributed by atoms with E-state index in [-0.39, 0.29) is 12.2 Å². The number of para-hydroxylation sites is 1. The summed E-state index contributed by atoms with van der Waals surface area (Å²) < 4.78 is 10.9. The Bertz CT molecular complexity index is 904. The van der Waals surface area contributed by atoms with E-state index in [0.29, 0.717) is 22.4 Å². The molecule has 1 atom stereocenters. The lowest BCUT2D eigenvalue weighted by Gasteiger charge is -2.18. The fourth-order valence-corrected chi connectivity index (χ4v) is 2.83. The number of carbonyl (C=O) groups excluding carboxylic acids is 2. The van der Waals surface area contributed by atoms with Gasteiger partial charge in [-0.3, -0.25) is 9.59 Å². The summed E-state index contributed by atoms with van der Waals surface area (Å²) in [4.78, 5) is 25.5. The predicted octanol–water partition coefficient (Wildman–Crippen LogP) is 4.41. The Morgan fingerprint density at radius 3 is 2.07 bits per heavy atom. The van der Waals surface area contributed by atoms with Gasteiger partial charge in [0.15, 0.2) is 6.10 Å². The molecule has 0 saturated carbocycles. The number of hydrogen-bond acceptors (Lipinski definition) is 4. The van der Waals surface area contributed by atoms with Crippen molar-refractivity contribution >= 4 is 11.8 Å². The maximum absolute atomic E-state index is 13.0. The Balaban J connectivity index is 1.83. The summed E-state index contributed by atoms with van der Waals surface area (Å²) in [5.41, 5.74) is 1.85. The van der Waals surface area contributed by atoms with Gasteiger partial charge < -0.3 is 9.47 Å². The third-order valence-corrected chi connectivity index (χ3v) is 4.18. The zero-order valence-corrected chi connectivity index (χ0v) is 15.0. The van der Waals surface area contributed by atoms with Crippen LogP contribution in [-0.4, -0.2) is 18.9 Å². The molecule has 0 radical (unpaired) electrons. The molecule has 0 N–H and O–H groups in total. The summed E-state index contributed by atoms with van der Waals surface area (Å²) in [5.74, 6) is -0.132. The quantitative estimate of drug-likeness (QED) is 0.463. The molecular formula is C23H20O4. The summed E-state index contributed by atoms with van der Waals surface area (Å²) in [6.07, 6.45) is -0.967. The summed E-state index contributed by atoms with van der Waals surface area (Å²) in [6, 6.07) is 25.1. The molecule has 0 spiro atoms. The SMILES string of the molecule is COc1ccccc1CC(=O)O[C@@H](C(=O)c1ccccc1)c1ccccc1. The first-order chi connectivity index (χ1) is 13.2. The number of carbonyl (C=O) groups is 2. The Morgan fingerprint density at radius 2 is 1.41 bits per heavy atom. The minimum absolute atomic E-state index is 0.0232. The van der Waals surface area contributed by atoms with Crippen LogP contribution in [0.15, 0.2) is 84.9 Å². The molecule has 0 bridgehead atoms. The van der Waals surface area contributed by atoms with Gasteiger partial charge in [0.2, 0.25) is 5.78 Å². The first kappa shape index (κ1) is 18.4. The average Bonchev–Trinajstić information content (AvgIpc) is 2.73. The van der Waals surface area contributed by atoms with Crippen LogP contribution >= 0.6 is 0 Å². The Labute approximate surface area is 158 Å². The van der Waals surface area contributed by atoms with E-state index in [0.717, 1.165) is 0 Å². The van der Waals surface area contributed by atoms with Gasteiger partial charge in [0.05, 0.1) is 13.5 Å². The molecule has 0 aliphatic heterocycles. The van der Waals surface area contributed by atoms with Crippen molar-refractivity contribution in [1.29, 1.82) is 0 Å². The molecule has 0 unspecified atom stereocenters. The molecule has 0 aromatic heterocycles. The highest BCUT2D eigenvalue weighted by molar-refractivity contribution is 6.01. The first-order valence-electron chi connectivity index (χ1n) is 8.64. The number of methoxy groups -OCH3 is 1. The zero-order chi connectivity index (χ0) is 19.1. The van der Waals surface area contributed by atoms with Gasteiger partial charge in [-0.2, -0.15) is 0 Å². The van der Waals surface area contributed by atoms with Crippen molar-refractivity contribution in [2.45, 2.75) is 12.5 Å². The average molecular weight is 360 g/mol. The van der Waals surface area contributed by atoms with Crippen LogP contribution in [0.3, 0.4) is 0 Å². The van der Waals surface area contributed by atoms with Gasteiger partial charge in [-0.15, -0.1) is 0 Å². The van der Waals surface area contributed by atoms with Crippen LogP contribution < -0.4 is 4.74 Å². The Morgan fingerprint density at radius 1 is 0.815 bits per heavy atom. The van der Waals surface area contributed by atoms with E-state index in [9.17, 15) is 9.59 Å². The molecular weight excluding hydrogens is 340 g/mol. The van der Waals surface area contributed by atoms with Crippen molar-refractivity contribution < 1.29 is 19.1 Å². The van der Waals surface area contributed by atoms with Gasteiger partial charge >= 0.3 is 5.97 Å². The molecule has 3 aromatic carbocycles. The number of Topliss-reactive ketones (excluding diaryl/α,β-unsaturated/α-hetero) is 1. The lowest BCUT2D eigenvalue weighted by Crippen LogP contribution is -2.21. The third-order valence-electron chi connectivity index (χ3n) is 4.18. The first-order valence-corrected chi connectivity index (χ1v) is 8.64. The van der Waals surface area contributed by atoms with E-state index in [4.69, 9.17) is 9.47 Å². The number of ether oxygens (including phenoxy) is 2. The van der Waals surface area contributed by atoms with Crippen molar-refractivity contribution in [3.8, 4) is 5.75 Å². The fourth-order valence-electron chi connectivity index (χ4n) is 2.83. The molecule has 4 nitrogen and oxygen atoms in total. The van der Waals surface area contributed by atoms with Crippen LogP contribution in [0, 0.1) is 0 Å². The van der Waals surface area contributed by atoms with Gasteiger partial charge in [0.1, 0.15) is 5.75 Å². The largest absolute Gasteiger partial charge is 0.496 e. The van der Waals surface area contributed by atoms with E-state index in [1.165, 1.54) is 0 Å². The number of hydrogen-bond donors (Lipinski definition) is 0. The van der Waals surface area contributed by atoms with Crippen molar-refractivity contribution in [2.24, 2.45) is 0 Å². The standard InChI is InChI=1S/C23H20O4/c1-26-20-15-9-8-14-19(20)16-21(24)27-23(18-12-6-3-7-13-18)22(25)17-10-4-2-5-11-17/h2-15,23H,16H2,1H3/t23-/m1/s1. The van der Waals surface area contributed by atoms with Crippen LogP contribution in [0.1, 0.15) is 27.6 Å². The normalized spacial score (nSPS) is 11.4. The number of esters is 1. The smallest absolute Gasteiger partial charge is 0.311 e. The highest BCUT2D eigenvalue weighted by Crippen LogP contribution is 2.24. The van der Waals surface area contributed by atoms with E-state index >= 15 is 0 Å². The lowest BCUT2D eigenvalue weighted by molar-refractivity contribution is -0.146. The topological polar surface area (TPSA) is 52.6 Å². The summed E-state index contributed by atoms with van der Waals surface area (Å²) in [5, 5.41) is 0. The second-order valence-electron chi connectivity index (χ2n) is 6.00. The highest BCUT2D eigenvalue weighted by atomic mass is 16.5. The van der Waals surface area contributed by atoms with E-state index in [1.807, 2.05) is 36.4 Å². The lowest BCUT2D eigenvalue weighted by atomic mass is 9.99. The van der Waals surface area contributed by atoms with Crippen molar-refractivity contribution in [1.82, 2.24) is 0 Å². The van der Waals surface area contributed by atoms with Gasteiger partial charge in [-0.1, -0.05) is 78.9 Å². The maximum Gasteiger partial charge on any atom is 0.311 e. The minimum atomic E-state index is -0.990. The molecule has 0 saturated heterocycles. The molecule has 136 valence electrons. The Hall–Kier alpha value is -3.40. The van der Waals surface area contributed by atoms with Gasteiger partial charge in [0.25, 0.3) is 0 Å². The van der Waals surface area contributed by atoms with Crippen LogP contribution in [0.5, 0.6) is 5.75 Å². The van der Waals surface area contributed by atoms with Crippen LogP contribution in [-0.2, 0) is 16.0 Å². The van der Waals surface area contributed by atoms with Gasteiger partial charge in [-0.25, -0.2) is 0 Å². The summed E-state index contributed by atoms with van der Waals surface area (Å²) in [6.45, 7) is 0. The molecule has 0 aliphatic rings. The van der Waals surface area contributed by atoms with Gasteiger partial charge in [-0.05, 0) is 6.07 Å². The molecule has 0 fully saturated rings. The second kappa shape index (κ2) is 8.81. The Kier molecular flexibility index (Phi) is 6.00. The molecule has 3 aromatic rings. The molecule has 0 heterocycles. The van der Waals surface area contributed by atoms with E-state index in [1.54, 1.807) is 55.6 Å². The van der Waals surface area contributed by atoms with Crippen LogP contribution in [0.2, 0.25) is 0 Å². The summed E-state index contributed by atoms with van der Waals surface area (Å²) in [7, 11) is 1.55. The fraction of sp³-hybridized carbons (Fsp3) is 0.130. The number of ketones is 1. The van der Waals surface area contributed by atoms with Crippen molar-refractivity contribution in [3.05, 3.63) is 102 Å². The summed E-state index contributed by atoms with van der Waals surface area (Å²) >= 11 is 0. The van der Waals surface area contributed by atoms with E-state index < -0.39 is 12.1 Å². The van der Waals surface area contributed by atoms with Gasteiger partial charge in [0, 0.05) is 16.7 Å². The predicted molar refractivity (Wildman–Crippen MR) is 103 cm³/mol. The maximum atomic E-state index is 13.0. The van der Waals surface area contributed by atoms with Crippen molar-refractivity contribution in [2.75, 3.05) is 7.11 Å². The zero-order valence-electron chi connectivity index (χ0n) is 15.0. The van der Waals surface area contributed by atoms with E-state index in [2.05, 4.69) is 0 Å². The monoisotopic (exact) mass is 360 g/mol. The minimum Gasteiger partial charge on any atom is -0.496 e. The number of rotatable bonds is 7. The highest BCUT2D eigenvalue weighted by Gasteiger charge is 2.26. The molecule has 3 rings (SSSR count). The third kappa shape index (κ3) is 4.61. The molecule has 0 aliphatic carbocycles. The molecule has 4 heteroatoms. The van der Waals surface area contributed by atoms with Crippen molar-refractivity contribution in [3.63, 3.8) is 0 Å².